The number of pyridine rings is 2. The minimum atomic E-state index is -1.52. The van der Waals surface area contributed by atoms with Crippen LogP contribution < -0.4 is 10.7 Å². The van der Waals surface area contributed by atoms with Crippen LogP contribution in [0.1, 0.15) is 17.3 Å². The van der Waals surface area contributed by atoms with Gasteiger partial charge in [0.25, 0.3) is 0 Å². The molecule has 2 aromatic heterocycles. The Morgan fingerprint density at radius 1 is 1.23 bits per heavy atom. The summed E-state index contributed by atoms with van der Waals surface area (Å²) in [4.78, 5) is 28.7. The molecule has 3 rings (SSSR count). The molecule has 0 fully saturated rings. The molecule has 0 atom stereocenters. The molecular formula is C19H14ClF4N3O4. The van der Waals surface area contributed by atoms with Crippen molar-refractivity contribution in [2.45, 2.75) is 6.92 Å². The van der Waals surface area contributed by atoms with E-state index in [9.17, 15) is 27.2 Å². The average molecular weight is 460 g/mol. The van der Waals surface area contributed by atoms with Crippen LogP contribution in [-0.4, -0.2) is 40.4 Å². The number of hydrogen-bond donors (Lipinski definition) is 2. The summed E-state index contributed by atoms with van der Waals surface area (Å²) in [5, 5.41) is 9.89. The Kier molecular flexibility index (Phi) is 6.46. The summed E-state index contributed by atoms with van der Waals surface area (Å²) in [5.74, 6) is -7.61. The largest absolute Gasteiger partial charge is 0.462 e. The highest BCUT2D eigenvalue weighted by atomic mass is 35.5. The topological polar surface area (TPSA) is 93.5 Å². The molecule has 0 bridgehead atoms. The lowest BCUT2D eigenvalue weighted by atomic mass is 10.1. The maximum absolute atomic E-state index is 14.7. The van der Waals surface area contributed by atoms with E-state index in [4.69, 9.17) is 21.4 Å². The first kappa shape index (κ1) is 22.5. The number of carbonyl (C=O) groups excluding carboxylic acids is 1. The zero-order valence-electron chi connectivity index (χ0n) is 15.8. The highest BCUT2D eigenvalue weighted by Gasteiger charge is 2.25. The van der Waals surface area contributed by atoms with Crippen LogP contribution in [0.15, 0.2) is 23.1 Å². The third-order valence-corrected chi connectivity index (χ3v) is 4.51. The van der Waals surface area contributed by atoms with Gasteiger partial charge in [-0.25, -0.2) is 27.3 Å². The predicted molar refractivity (Wildman–Crippen MR) is 104 cm³/mol. The zero-order chi connectivity index (χ0) is 22.9. The van der Waals surface area contributed by atoms with Gasteiger partial charge >= 0.3 is 5.97 Å². The van der Waals surface area contributed by atoms with E-state index in [-0.39, 0.29) is 13.2 Å². The number of benzene rings is 1. The van der Waals surface area contributed by atoms with Crippen LogP contribution in [0, 0.1) is 23.3 Å². The van der Waals surface area contributed by atoms with Gasteiger partial charge in [0, 0.05) is 18.8 Å². The van der Waals surface area contributed by atoms with Crippen molar-refractivity contribution in [2.75, 3.05) is 25.1 Å². The molecule has 7 nitrogen and oxygen atoms in total. The second-order valence-corrected chi connectivity index (χ2v) is 6.50. The Morgan fingerprint density at radius 3 is 2.58 bits per heavy atom. The Hall–Kier alpha value is -3.18. The Morgan fingerprint density at radius 2 is 1.94 bits per heavy atom. The Bertz CT molecular complexity index is 1250. The fourth-order valence-electron chi connectivity index (χ4n) is 2.84. The molecule has 0 aliphatic heterocycles. The zero-order valence-corrected chi connectivity index (χ0v) is 16.6. The van der Waals surface area contributed by atoms with E-state index in [1.807, 2.05) is 0 Å². The molecule has 164 valence electrons. The second-order valence-electron chi connectivity index (χ2n) is 6.12. The number of ether oxygens (including phenoxy) is 1. The molecule has 12 heteroatoms. The summed E-state index contributed by atoms with van der Waals surface area (Å²) >= 11 is 5.89. The maximum atomic E-state index is 14.7. The molecule has 2 heterocycles. The van der Waals surface area contributed by atoms with Gasteiger partial charge in [0.2, 0.25) is 5.43 Å². The molecule has 0 radical (unpaired) electrons. The number of aliphatic hydroxyl groups excluding tert-OH is 1. The molecule has 0 saturated heterocycles. The quantitative estimate of drug-likeness (QED) is 0.334. The number of fused-ring (bicyclic) bond motifs is 1. The SMILES string of the molecule is CCOC(=O)c1cn(-c2nc(NCCO)c(F)cc2F)c2c(Cl)c(F)c(F)cc2c1=O. The fourth-order valence-corrected chi connectivity index (χ4v) is 3.12. The van der Waals surface area contributed by atoms with Crippen molar-refractivity contribution >= 4 is 34.3 Å². The molecule has 31 heavy (non-hydrogen) atoms. The van der Waals surface area contributed by atoms with Crippen LogP contribution in [0.5, 0.6) is 0 Å². The molecule has 0 aliphatic carbocycles. The number of nitrogens with zero attached hydrogens (tertiary/aromatic N) is 2. The number of hydrogen-bond acceptors (Lipinski definition) is 6. The van der Waals surface area contributed by atoms with Crippen molar-refractivity contribution in [3.05, 3.63) is 62.4 Å². The smallest absolute Gasteiger partial charge is 0.343 e. The van der Waals surface area contributed by atoms with Gasteiger partial charge in [0.1, 0.15) is 10.6 Å². The van der Waals surface area contributed by atoms with Crippen molar-refractivity contribution in [3.8, 4) is 5.82 Å². The van der Waals surface area contributed by atoms with E-state index in [0.717, 1.165) is 10.8 Å². The lowest BCUT2D eigenvalue weighted by Gasteiger charge is -2.16. The molecule has 3 aromatic rings. The van der Waals surface area contributed by atoms with Crippen molar-refractivity contribution < 1.29 is 32.2 Å². The number of rotatable bonds is 6. The van der Waals surface area contributed by atoms with E-state index in [0.29, 0.717) is 12.1 Å². The number of aromatic nitrogens is 2. The number of halogens is 5. The standard InChI is InChI=1S/C19H14ClF4N3O4/c1-2-31-19(30)9-7-27(15-8(16(9)29)5-10(21)14(24)13(15)20)18-12(23)6-11(22)17(26-18)25-3-4-28/h5-7,28H,2-4H2,1H3,(H,25,26). The van der Waals surface area contributed by atoms with Gasteiger partial charge in [-0.2, -0.15) is 0 Å². The first-order valence-electron chi connectivity index (χ1n) is 8.82. The molecule has 2 N–H and O–H groups in total. The third-order valence-electron chi connectivity index (χ3n) is 4.16. The van der Waals surface area contributed by atoms with Gasteiger partial charge < -0.3 is 15.2 Å². The minimum absolute atomic E-state index is 0.104. The second kappa shape index (κ2) is 8.90. The summed E-state index contributed by atoms with van der Waals surface area (Å²) < 4.78 is 62.3. The van der Waals surface area contributed by atoms with Crippen molar-refractivity contribution in [1.82, 2.24) is 9.55 Å². The van der Waals surface area contributed by atoms with E-state index < -0.39 is 74.4 Å². The van der Waals surface area contributed by atoms with Gasteiger partial charge in [-0.1, -0.05) is 11.6 Å². The van der Waals surface area contributed by atoms with E-state index >= 15 is 0 Å². The van der Waals surface area contributed by atoms with E-state index in [2.05, 4.69) is 10.3 Å². The maximum Gasteiger partial charge on any atom is 0.343 e. The van der Waals surface area contributed by atoms with Gasteiger partial charge in [0.05, 0.1) is 24.1 Å². The number of esters is 1. The lowest BCUT2D eigenvalue weighted by molar-refractivity contribution is 0.0524. The fraction of sp³-hybridized carbons (Fsp3) is 0.211. The van der Waals surface area contributed by atoms with Crippen LogP contribution in [0.4, 0.5) is 23.4 Å². The van der Waals surface area contributed by atoms with Crippen molar-refractivity contribution in [2.24, 2.45) is 0 Å². The van der Waals surface area contributed by atoms with Gasteiger partial charge in [-0.15, -0.1) is 0 Å². The van der Waals surface area contributed by atoms with Crippen LogP contribution in [0.2, 0.25) is 5.02 Å². The molecule has 0 saturated carbocycles. The number of aliphatic hydroxyl groups is 1. The number of nitrogens with one attached hydrogen (secondary N) is 1. The molecule has 0 spiro atoms. The van der Waals surface area contributed by atoms with E-state index in [1.165, 1.54) is 6.92 Å². The molecular weight excluding hydrogens is 446 g/mol. The highest BCUT2D eigenvalue weighted by molar-refractivity contribution is 6.35. The summed E-state index contributed by atoms with van der Waals surface area (Å²) in [6.45, 7) is 0.851. The predicted octanol–water partition coefficient (Wildman–Crippen LogP) is 3.18. The average Bonchev–Trinajstić information content (AvgIpc) is 2.72. The number of carbonyl (C=O) groups is 1. The first-order valence-corrected chi connectivity index (χ1v) is 9.20. The monoisotopic (exact) mass is 459 g/mol. The van der Waals surface area contributed by atoms with Crippen LogP contribution in [-0.2, 0) is 4.74 Å². The molecule has 0 unspecified atom stereocenters. The summed E-state index contributed by atoms with van der Waals surface area (Å²) in [6, 6.07) is 0.953. The summed E-state index contributed by atoms with van der Waals surface area (Å²) in [5.41, 5.74) is -2.16. The Labute approximate surface area is 176 Å². The van der Waals surface area contributed by atoms with Gasteiger partial charge in [0.15, 0.2) is 34.9 Å². The Balaban J connectivity index is 2.44. The first-order chi connectivity index (χ1) is 14.7. The molecule has 0 amide bonds. The van der Waals surface area contributed by atoms with Gasteiger partial charge in [-0.3, -0.25) is 9.36 Å². The van der Waals surface area contributed by atoms with Crippen LogP contribution in [0.25, 0.3) is 16.7 Å². The normalized spacial score (nSPS) is 11.1. The minimum Gasteiger partial charge on any atom is -0.462 e. The molecule has 0 aliphatic rings. The summed E-state index contributed by atoms with van der Waals surface area (Å²) in [6.07, 6.45) is 0.797. The summed E-state index contributed by atoms with van der Waals surface area (Å²) in [7, 11) is 0. The van der Waals surface area contributed by atoms with E-state index in [1.54, 1.807) is 0 Å². The number of anilines is 1. The third kappa shape index (κ3) is 4.06. The lowest BCUT2D eigenvalue weighted by Crippen LogP contribution is -2.22. The highest BCUT2D eigenvalue weighted by Crippen LogP contribution is 2.30. The van der Waals surface area contributed by atoms with Gasteiger partial charge in [-0.05, 0) is 13.0 Å². The van der Waals surface area contributed by atoms with Crippen molar-refractivity contribution in [3.63, 3.8) is 0 Å². The van der Waals surface area contributed by atoms with Crippen molar-refractivity contribution in [1.29, 1.82) is 0 Å². The molecule has 1 aromatic carbocycles. The van der Waals surface area contributed by atoms with Crippen LogP contribution >= 0.6 is 11.6 Å². The van der Waals surface area contributed by atoms with Crippen LogP contribution in [0.3, 0.4) is 0 Å².